The molecule has 0 aromatic carbocycles. The van der Waals surface area contributed by atoms with Crippen molar-refractivity contribution in [2.45, 2.75) is 6.92 Å². The van der Waals surface area contributed by atoms with Crippen LogP contribution in [0.5, 0.6) is 0 Å². The summed E-state index contributed by atoms with van der Waals surface area (Å²) in [6.45, 7) is 5.25. The average molecular weight is 339 g/mol. The minimum absolute atomic E-state index is 0.126. The number of rotatable bonds is 3. The van der Waals surface area contributed by atoms with E-state index in [1.54, 1.807) is 6.07 Å². The van der Waals surface area contributed by atoms with Crippen LogP contribution in [0, 0.1) is 17.0 Å². The Morgan fingerprint density at radius 3 is 2.44 bits per heavy atom. The zero-order valence-electron chi connectivity index (χ0n) is 13.7. The molecule has 4 rings (SSSR count). The fraction of sp³-hybridized carbons (Fsp3) is 0.312. The van der Waals surface area contributed by atoms with Crippen LogP contribution in [0.2, 0.25) is 0 Å². The highest BCUT2D eigenvalue weighted by Gasteiger charge is 2.22. The number of nitro groups is 1. The first-order valence-corrected chi connectivity index (χ1v) is 8.03. The molecular weight excluding hydrogens is 322 g/mol. The lowest BCUT2D eigenvalue weighted by atomic mass is 10.2. The number of anilines is 2. The number of nitrogens with zero attached hydrogens (tertiary/aromatic N) is 7. The maximum atomic E-state index is 11.1. The van der Waals surface area contributed by atoms with Gasteiger partial charge in [-0.3, -0.25) is 0 Å². The molecule has 1 aliphatic heterocycles. The number of fused-ring (bicyclic) bond motifs is 1. The highest BCUT2D eigenvalue weighted by Crippen LogP contribution is 2.20. The predicted molar refractivity (Wildman–Crippen MR) is 93.0 cm³/mol. The highest BCUT2D eigenvalue weighted by molar-refractivity contribution is 5.51. The number of imidazole rings is 1. The van der Waals surface area contributed by atoms with Gasteiger partial charge in [-0.2, -0.15) is 0 Å². The molecule has 0 aliphatic carbocycles. The van der Waals surface area contributed by atoms with Crippen LogP contribution < -0.4 is 9.80 Å². The quantitative estimate of drug-likeness (QED) is 0.529. The number of hydrogen-bond acceptors (Lipinski definition) is 7. The molecule has 0 bridgehead atoms. The standard InChI is InChI=1S/C16H17N7O2/c1-12-4-5-17-15(10-12)21-8-6-20(7-9-21)14-3-2-13-18-11-16(23(24)25)22(13)19-14/h2-5,10-11H,6-9H2,1H3. The van der Waals surface area contributed by atoms with Gasteiger partial charge in [-0.05, 0) is 35.6 Å². The van der Waals surface area contributed by atoms with Gasteiger partial charge in [-0.1, -0.05) is 9.61 Å². The van der Waals surface area contributed by atoms with E-state index in [0.717, 1.165) is 32.0 Å². The van der Waals surface area contributed by atoms with Crippen molar-refractivity contribution in [1.29, 1.82) is 0 Å². The van der Waals surface area contributed by atoms with E-state index >= 15 is 0 Å². The van der Waals surface area contributed by atoms with Gasteiger partial charge in [-0.15, -0.1) is 0 Å². The van der Waals surface area contributed by atoms with Gasteiger partial charge in [-0.25, -0.2) is 9.97 Å². The molecule has 128 valence electrons. The Bertz CT molecular complexity index is 931. The highest BCUT2D eigenvalue weighted by atomic mass is 16.6. The average Bonchev–Trinajstić information content (AvgIpc) is 3.05. The normalized spacial score (nSPS) is 14.9. The zero-order valence-corrected chi connectivity index (χ0v) is 13.7. The first-order chi connectivity index (χ1) is 12.1. The van der Waals surface area contributed by atoms with Crippen LogP contribution in [0.3, 0.4) is 0 Å². The smallest absolute Gasteiger partial charge is 0.358 e. The van der Waals surface area contributed by atoms with Gasteiger partial charge >= 0.3 is 5.82 Å². The van der Waals surface area contributed by atoms with Crippen molar-refractivity contribution in [1.82, 2.24) is 19.6 Å². The molecule has 0 atom stereocenters. The molecule has 9 heteroatoms. The topological polar surface area (TPSA) is 92.7 Å². The van der Waals surface area contributed by atoms with Crippen molar-refractivity contribution >= 4 is 23.1 Å². The monoisotopic (exact) mass is 339 g/mol. The van der Waals surface area contributed by atoms with Crippen molar-refractivity contribution in [3.05, 3.63) is 52.3 Å². The summed E-state index contributed by atoms with van der Waals surface area (Å²) in [7, 11) is 0. The molecular formula is C16H17N7O2. The van der Waals surface area contributed by atoms with Crippen molar-refractivity contribution in [3.8, 4) is 0 Å². The van der Waals surface area contributed by atoms with E-state index < -0.39 is 4.92 Å². The third-order valence-corrected chi connectivity index (χ3v) is 4.35. The van der Waals surface area contributed by atoms with Crippen molar-refractivity contribution in [2.75, 3.05) is 36.0 Å². The third-order valence-electron chi connectivity index (χ3n) is 4.35. The molecule has 0 amide bonds. The largest absolute Gasteiger partial charge is 0.368 e. The first kappa shape index (κ1) is 15.3. The number of hydrogen-bond donors (Lipinski definition) is 0. The molecule has 0 saturated carbocycles. The van der Waals surface area contributed by atoms with Gasteiger partial charge in [0.2, 0.25) is 5.65 Å². The lowest BCUT2D eigenvalue weighted by molar-refractivity contribution is -0.391. The summed E-state index contributed by atoms with van der Waals surface area (Å²) >= 11 is 0. The maximum absolute atomic E-state index is 11.1. The molecule has 9 nitrogen and oxygen atoms in total. The van der Waals surface area contributed by atoms with Crippen LogP contribution in [0.25, 0.3) is 5.65 Å². The summed E-state index contributed by atoms with van der Waals surface area (Å²) < 4.78 is 1.28. The minimum atomic E-state index is -0.474. The van der Waals surface area contributed by atoms with E-state index in [4.69, 9.17) is 0 Å². The fourth-order valence-corrected chi connectivity index (χ4v) is 3.00. The SMILES string of the molecule is Cc1ccnc(N2CCN(c3ccc4ncc([N+](=O)[O-])n4n3)CC2)c1. The van der Waals surface area contributed by atoms with E-state index in [-0.39, 0.29) is 5.82 Å². The lowest BCUT2D eigenvalue weighted by Gasteiger charge is -2.35. The van der Waals surface area contributed by atoms with Crippen LogP contribution in [0.1, 0.15) is 5.56 Å². The maximum Gasteiger partial charge on any atom is 0.368 e. The van der Waals surface area contributed by atoms with Gasteiger partial charge in [0.1, 0.15) is 12.0 Å². The van der Waals surface area contributed by atoms with Gasteiger partial charge < -0.3 is 19.9 Å². The molecule has 3 aromatic heterocycles. The summed E-state index contributed by atoms with van der Waals surface area (Å²) in [5.41, 5.74) is 1.66. The number of aryl methyl sites for hydroxylation is 1. The Kier molecular flexibility index (Phi) is 3.68. The number of piperazine rings is 1. The van der Waals surface area contributed by atoms with Gasteiger partial charge in [0.15, 0.2) is 5.82 Å². The van der Waals surface area contributed by atoms with Crippen LogP contribution in [0.15, 0.2) is 36.7 Å². The molecule has 0 spiro atoms. The summed E-state index contributed by atoms with van der Waals surface area (Å²) in [5.74, 6) is 1.57. The summed E-state index contributed by atoms with van der Waals surface area (Å²) in [6, 6.07) is 7.67. The molecule has 1 aliphatic rings. The lowest BCUT2D eigenvalue weighted by Crippen LogP contribution is -2.47. The second kappa shape index (κ2) is 6.00. The molecule has 0 radical (unpaired) electrons. The summed E-state index contributed by atoms with van der Waals surface area (Å²) in [4.78, 5) is 23.4. The first-order valence-electron chi connectivity index (χ1n) is 8.03. The fourth-order valence-electron chi connectivity index (χ4n) is 3.00. The Morgan fingerprint density at radius 1 is 1.04 bits per heavy atom. The van der Waals surface area contributed by atoms with Crippen LogP contribution >= 0.6 is 0 Å². The second-order valence-electron chi connectivity index (χ2n) is 6.00. The molecule has 25 heavy (non-hydrogen) atoms. The Balaban J connectivity index is 1.53. The van der Waals surface area contributed by atoms with E-state index in [0.29, 0.717) is 11.5 Å². The number of pyridine rings is 1. The molecule has 0 unspecified atom stereocenters. The van der Waals surface area contributed by atoms with E-state index in [1.807, 2.05) is 18.3 Å². The van der Waals surface area contributed by atoms with Gasteiger partial charge in [0, 0.05) is 38.4 Å². The van der Waals surface area contributed by atoms with Crippen molar-refractivity contribution < 1.29 is 4.92 Å². The van der Waals surface area contributed by atoms with Crippen LogP contribution in [-0.4, -0.2) is 50.7 Å². The molecule has 1 fully saturated rings. The van der Waals surface area contributed by atoms with E-state index in [2.05, 4.69) is 37.9 Å². The second-order valence-corrected chi connectivity index (χ2v) is 6.00. The van der Waals surface area contributed by atoms with E-state index in [1.165, 1.54) is 16.3 Å². The number of aromatic nitrogens is 4. The Labute approximate surface area is 143 Å². The van der Waals surface area contributed by atoms with Crippen LogP contribution in [-0.2, 0) is 0 Å². The Hall–Kier alpha value is -3.23. The summed E-state index contributed by atoms with van der Waals surface area (Å²) in [6.07, 6.45) is 3.05. The Morgan fingerprint density at radius 2 is 1.76 bits per heavy atom. The van der Waals surface area contributed by atoms with Crippen LogP contribution in [0.4, 0.5) is 17.5 Å². The van der Waals surface area contributed by atoms with Gasteiger partial charge in [0.05, 0.1) is 0 Å². The third kappa shape index (κ3) is 2.84. The molecule has 3 aromatic rings. The molecule has 0 N–H and O–H groups in total. The van der Waals surface area contributed by atoms with Crippen molar-refractivity contribution in [2.24, 2.45) is 0 Å². The van der Waals surface area contributed by atoms with E-state index in [9.17, 15) is 10.1 Å². The summed E-state index contributed by atoms with van der Waals surface area (Å²) in [5, 5.41) is 15.5. The van der Waals surface area contributed by atoms with Crippen molar-refractivity contribution in [3.63, 3.8) is 0 Å². The molecule has 1 saturated heterocycles. The van der Waals surface area contributed by atoms with Gasteiger partial charge in [0.25, 0.3) is 0 Å². The molecule has 4 heterocycles. The zero-order chi connectivity index (χ0) is 17.4. The minimum Gasteiger partial charge on any atom is -0.358 e. The predicted octanol–water partition coefficient (Wildman–Crippen LogP) is 1.67.